The van der Waals surface area contributed by atoms with Crippen LogP contribution in [0.5, 0.6) is 0 Å². The SMILES string of the molecule is CC(=O)[O-].CC(=O)[O-].[CH3][Sn+2][CH3].[CH3][Sn+2][CH3].[O-2]. The van der Waals surface area contributed by atoms with Crippen LogP contribution in [-0.2, 0) is 15.1 Å². The minimum absolute atomic E-state index is 0. The molecule has 0 aliphatic rings. The Labute approximate surface area is 112 Å². The van der Waals surface area contributed by atoms with Crippen LogP contribution in [0.15, 0.2) is 0 Å². The summed E-state index contributed by atoms with van der Waals surface area (Å²) in [6.07, 6.45) is 0. The van der Waals surface area contributed by atoms with Crippen LogP contribution in [0, 0.1) is 0 Å². The average molecular weight is 432 g/mol. The molecule has 0 saturated carbocycles. The minimum Gasteiger partial charge on any atom is -2.00 e. The summed E-state index contributed by atoms with van der Waals surface area (Å²) >= 11 is 0.460. The average Bonchev–Trinajstić information content (AvgIpc) is 1.85. The van der Waals surface area contributed by atoms with Crippen LogP contribution in [0.4, 0.5) is 0 Å². The summed E-state index contributed by atoms with van der Waals surface area (Å²) in [7, 11) is 0. The van der Waals surface area contributed by atoms with Gasteiger partial charge in [-0.2, -0.15) is 0 Å². The van der Waals surface area contributed by atoms with E-state index >= 15 is 0 Å². The third-order valence-electron chi connectivity index (χ3n) is 0. The van der Waals surface area contributed by atoms with E-state index in [1.165, 1.54) is 0 Å². The zero-order chi connectivity index (χ0) is 12.6. The first-order valence-corrected chi connectivity index (χ1v) is 15.2. The summed E-state index contributed by atoms with van der Waals surface area (Å²) in [5, 5.41) is 17.8. The van der Waals surface area contributed by atoms with Gasteiger partial charge in [0, 0.05) is 11.9 Å². The fourth-order valence-corrected chi connectivity index (χ4v) is 0. The maximum atomic E-state index is 8.89. The Morgan fingerprint density at radius 2 is 0.800 bits per heavy atom. The quantitative estimate of drug-likeness (QED) is 0.457. The molecule has 0 aliphatic carbocycles. The Morgan fingerprint density at radius 3 is 0.800 bits per heavy atom. The van der Waals surface area contributed by atoms with Crippen LogP contribution in [0.25, 0.3) is 0 Å². The Hall–Kier alpha value is 0.497. The molecule has 0 heterocycles. The van der Waals surface area contributed by atoms with Crippen LogP contribution in [0.3, 0.4) is 0 Å². The van der Waals surface area contributed by atoms with Gasteiger partial charge in [0.2, 0.25) is 0 Å². The van der Waals surface area contributed by atoms with Crippen LogP contribution >= 0.6 is 0 Å². The number of carbonyl (C=O) groups excluding carboxylic acids is 2. The van der Waals surface area contributed by atoms with Gasteiger partial charge in [-0.25, -0.2) is 0 Å². The van der Waals surface area contributed by atoms with Gasteiger partial charge in [0.15, 0.2) is 0 Å². The van der Waals surface area contributed by atoms with E-state index < -0.39 is 11.9 Å². The smallest absolute Gasteiger partial charge is 2.00 e. The molecule has 0 amide bonds. The molecule has 0 bridgehead atoms. The molecule has 0 aromatic heterocycles. The molecule has 88 valence electrons. The Kier molecular flexibility index (Phi) is 72.1. The molecule has 0 aromatic rings. The number of carboxylic acid groups (broad SMARTS) is 2. The normalized spacial score (nSPS) is 4.67. The molecule has 0 fully saturated rings. The van der Waals surface area contributed by atoms with E-state index in [4.69, 9.17) is 19.8 Å². The molecular weight excluding hydrogens is 414 g/mol. The molecule has 0 unspecified atom stereocenters. The summed E-state index contributed by atoms with van der Waals surface area (Å²) < 4.78 is 0. The summed E-state index contributed by atoms with van der Waals surface area (Å²) in [5.74, 6) is -2.17. The van der Waals surface area contributed by atoms with Gasteiger partial charge in [0.05, 0.1) is 0 Å². The standard InChI is InChI=1S/2C2H4O2.4CH3.O.2Sn/c2*1-2(3)4;;;;;;;/h2*1H3,(H,3,4);4*1H3;;;/q;;;;;;-2;2*+2/p-2. The fraction of sp³-hybridized carbons (Fsp3) is 0.750. The minimum atomic E-state index is -1.08. The first-order valence-electron chi connectivity index (χ1n) is 3.82. The summed E-state index contributed by atoms with van der Waals surface area (Å²) in [6, 6.07) is 0. The number of aliphatic carboxylic acids is 2. The number of rotatable bonds is 0. The molecule has 0 atom stereocenters. The van der Waals surface area contributed by atoms with Crippen molar-refractivity contribution in [3.8, 4) is 0 Å². The topological polar surface area (TPSA) is 109 Å². The van der Waals surface area contributed by atoms with Crippen LogP contribution in [-0.4, -0.2) is 54.2 Å². The zero-order valence-corrected chi connectivity index (χ0v) is 15.7. The van der Waals surface area contributed by atoms with E-state index in [-0.39, 0.29) is 47.8 Å². The number of hydrogen-bond donors (Lipinski definition) is 0. The molecule has 0 N–H and O–H groups in total. The van der Waals surface area contributed by atoms with Crippen LogP contribution in [0.1, 0.15) is 13.8 Å². The van der Waals surface area contributed by atoms with Crippen molar-refractivity contribution in [1.29, 1.82) is 0 Å². The van der Waals surface area contributed by atoms with Gasteiger partial charge in [-0.05, 0) is 13.8 Å². The maximum Gasteiger partial charge on any atom is -2.00 e. The number of carboxylic acids is 2. The molecule has 0 radical (unpaired) electrons. The van der Waals surface area contributed by atoms with E-state index in [0.717, 1.165) is 13.8 Å². The molecule has 0 aromatic carbocycles. The molecule has 0 aliphatic heterocycles. The Balaban J connectivity index is -0.0000000293. The second-order valence-electron chi connectivity index (χ2n) is 1.98. The van der Waals surface area contributed by atoms with E-state index in [1.807, 2.05) is 0 Å². The van der Waals surface area contributed by atoms with Crippen LogP contribution in [0.2, 0.25) is 19.8 Å². The van der Waals surface area contributed by atoms with Gasteiger partial charge in [-0.15, -0.1) is 0 Å². The van der Waals surface area contributed by atoms with E-state index in [2.05, 4.69) is 19.8 Å². The van der Waals surface area contributed by atoms with Gasteiger partial charge < -0.3 is 25.3 Å². The zero-order valence-electron chi connectivity index (χ0n) is 10.0. The van der Waals surface area contributed by atoms with E-state index in [9.17, 15) is 0 Å². The molecule has 7 heteroatoms. The molecular formula is C8H18O5Sn2. The predicted molar refractivity (Wildman–Crippen MR) is 57.0 cm³/mol. The fourth-order valence-electron chi connectivity index (χ4n) is 0. The third kappa shape index (κ3) is 9150. The first-order chi connectivity index (χ1) is 6.29. The Morgan fingerprint density at radius 1 is 0.800 bits per heavy atom. The predicted octanol–water partition coefficient (Wildman–Crippen LogP) is -1.03. The van der Waals surface area contributed by atoms with Crippen molar-refractivity contribution in [2.24, 2.45) is 0 Å². The molecule has 5 nitrogen and oxygen atoms in total. The number of carbonyl (C=O) groups is 2. The summed E-state index contributed by atoms with van der Waals surface area (Å²) in [6.45, 7) is 1.94. The van der Waals surface area contributed by atoms with Gasteiger partial charge in [0.1, 0.15) is 0 Å². The summed E-state index contributed by atoms with van der Waals surface area (Å²) in [4.78, 5) is 27.0. The summed E-state index contributed by atoms with van der Waals surface area (Å²) in [5.41, 5.74) is 0. The van der Waals surface area contributed by atoms with Crippen LogP contribution < -0.4 is 10.2 Å². The van der Waals surface area contributed by atoms with Crippen molar-refractivity contribution in [2.45, 2.75) is 33.6 Å². The number of hydrogen-bond acceptors (Lipinski definition) is 4. The molecule has 0 spiro atoms. The molecule has 0 saturated heterocycles. The molecule has 15 heavy (non-hydrogen) atoms. The Bertz CT molecular complexity index is 97.6. The van der Waals surface area contributed by atoms with Gasteiger partial charge >= 0.3 is 62.0 Å². The van der Waals surface area contributed by atoms with Crippen molar-refractivity contribution in [1.82, 2.24) is 0 Å². The largest absolute Gasteiger partial charge is 2.00 e. The van der Waals surface area contributed by atoms with Gasteiger partial charge in [-0.3, -0.25) is 0 Å². The van der Waals surface area contributed by atoms with Crippen molar-refractivity contribution in [2.75, 3.05) is 0 Å². The van der Waals surface area contributed by atoms with Crippen molar-refractivity contribution >= 4 is 54.2 Å². The van der Waals surface area contributed by atoms with Gasteiger partial charge in [-0.1, -0.05) is 0 Å². The third-order valence-corrected chi connectivity index (χ3v) is 0. The van der Waals surface area contributed by atoms with Crippen molar-refractivity contribution in [3.63, 3.8) is 0 Å². The van der Waals surface area contributed by atoms with Crippen molar-refractivity contribution in [3.05, 3.63) is 0 Å². The first kappa shape index (κ1) is 29.6. The second-order valence-corrected chi connectivity index (χ2v) is 7.69. The van der Waals surface area contributed by atoms with Gasteiger partial charge in [0.25, 0.3) is 0 Å². The van der Waals surface area contributed by atoms with Crippen molar-refractivity contribution < 1.29 is 25.3 Å². The second kappa shape index (κ2) is 36.6. The molecule has 0 rings (SSSR count). The maximum absolute atomic E-state index is 8.89. The monoisotopic (exact) mass is 434 g/mol. The van der Waals surface area contributed by atoms with E-state index in [1.54, 1.807) is 0 Å². The van der Waals surface area contributed by atoms with E-state index in [0.29, 0.717) is 0 Å².